The molecular weight excluding hydrogens is 54.0 g/mol. The van der Waals surface area contributed by atoms with Crippen LogP contribution in [0, 0.1) is 11.3 Å². The lowest BCUT2D eigenvalue weighted by atomic mass is 11.0. The molecule has 2 heteroatoms. The van der Waals surface area contributed by atoms with E-state index in [-0.39, 0.29) is 5.48 Å². The van der Waals surface area contributed by atoms with Gasteiger partial charge in [-0.25, -0.2) is 0 Å². The van der Waals surface area contributed by atoms with Crippen LogP contribution in [0.4, 0.5) is 0 Å². The zero-order chi connectivity index (χ0) is 2.71. The van der Waals surface area contributed by atoms with Crippen LogP contribution in [0.5, 0.6) is 0 Å². The van der Waals surface area contributed by atoms with Gasteiger partial charge in [0.1, 0.15) is 0 Å². The number of hydrogen-bond acceptors (Lipinski definition) is 1. The lowest BCUT2D eigenvalue weighted by Crippen LogP contribution is -1.10. The molecule has 0 saturated heterocycles. The zero-order valence-electron chi connectivity index (χ0n) is 2.45. The van der Waals surface area contributed by atoms with Crippen molar-refractivity contribution in [3.8, 4) is 6.07 Å². The quantitative estimate of drug-likeness (QED) is 0.378. The minimum absolute atomic E-state index is 0. The van der Waals surface area contributed by atoms with Crippen molar-refractivity contribution < 1.29 is 5.48 Å². The second-order valence-corrected chi connectivity index (χ2v) is 0.224. The van der Waals surface area contributed by atoms with Crippen LogP contribution < -0.4 is 0 Å². The van der Waals surface area contributed by atoms with E-state index in [9.17, 15) is 0 Å². The summed E-state index contributed by atoms with van der Waals surface area (Å²) < 4.78 is 0. The molecule has 0 atom stereocenters. The Hall–Kier alpha value is -0.550. The minimum Gasteiger partial charge on any atom is -0.412 e. The van der Waals surface area contributed by atoms with Crippen molar-refractivity contribution in [1.82, 2.24) is 0 Å². The molecule has 0 rings (SSSR count). The van der Waals surface area contributed by atoms with Crippen LogP contribution in [0.3, 0.4) is 0 Å². The Morgan fingerprint density at radius 1 is 1.75 bits per heavy atom. The summed E-state index contributed by atoms with van der Waals surface area (Å²) in [5.74, 6) is 0. The van der Waals surface area contributed by atoms with Crippen LogP contribution in [-0.4, -0.2) is 5.48 Å². The first-order chi connectivity index (χ1) is 1.41. The lowest BCUT2D eigenvalue weighted by Gasteiger charge is -1.15. The van der Waals surface area contributed by atoms with Gasteiger partial charge in [0.05, 0.1) is 6.07 Å². The second kappa shape index (κ2) is 25.4. The number of nitrogens with zero attached hydrogens (tertiary/aromatic N) is 1. The summed E-state index contributed by atoms with van der Waals surface area (Å²) in [6.45, 7) is 1.43. The van der Waals surface area contributed by atoms with Crippen molar-refractivity contribution in [1.29, 1.82) is 5.26 Å². The van der Waals surface area contributed by atoms with Crippen molar-refractivity contribution >= 4 is 0 Å². The average molecular weight is 59.1 g/mol. The van der Waals surface area contributed by atoms with Gasteiger partial charge in [-0.1, -0.05) is 0 Å². The summed E-state index contributed by atoms with van der Waals surface area (Å²) in [4.78, 5) is 0. The molecule has 0 heterocycles. The number of hydrogen-bond donors (Lipinski definition) is 0. The Kier molecular flexibility index (Phi) is 62.6. The molecule has 0 unspecified atom stereocenters. The maximum Gasteiger partial charge on any atom is 0.0587 e. The Morgan fingerprint density at radius 3 is 1.75 bits per heavy atom. The van der Waals surface area contributed by atoms with Crippen LogP contribution in [0.2, 0.25) is 0 Å². The molecule has 0 spiro atoms. The van der Waals surface area contributed by atoms with Crippen LogP contribution in [0.1, 0.15) is 6.92 Å². The van der Waals surface area contributed by atoms with Gasteiger partial charge in [0.2, 0.25) is 0 Å². The van der Waals surface area contributed by atoms with Crippen LogP contribution in [0.25, 0.3) is 0 Å². The number of rotatable bonds is 0. The SMILES string of the molecule is CC#N.O. The first-order valence-electron chi connectivity index (χ1n) is 0.724. The standard InChI is InChI=1S/C2H3N.H2O/c1-2-3;/h1H3;1H2. The largest absolute Gasteiger partial charge is 0.412 e. The van der Waals surface area contributed by atoms with Gasteiger partial charge in [-0.15, -0.1) is 0 Å². The first kappa shape index (κ1) is 9.85. The maximum absolute atomic E-state index is 7.32. The highest BCUT2D eigenvalue weighted by molar-refractivity contribution is 4.51. The van der Waals surface area contributed by atoms with Crippen molar-refractivity contribution in [3.05, 3.63) is 0 Å². The topological polar surface area (TPSA) is 55.3 Å². The van der Waals surface area contributed by atoms with E-state index in [0.717, 1.165) is 0 Å². The smallest absolute Gasteiger partial charge is 0.0587 e. The van der Waals surface area contributed by atoms with E-state index >= 15 is 0 Å². The molecule has 0 radical (unpaired) electrons. The number of nitriles is 1. The van der Waals surface area contributed by atoms with E-state index in [2.05, 4.69) is 0 Å². The predicted octanol–water partition coefficient (Wildman–Crippen LogP) is -0.295. The Morgan fingerprint density at radius 2 is 1.75 bits per heavy atom. The molecule has 0 aliphatic rings. The van der Waals surface area contributed by atoms with E-state index in [1.54, 1.807) is 6.07 Å². The molecule has 0 aliphatic heterocycles. The van der Waals surface area contributed by atoms with Crippen LogP contribution >= 0.6 is 0 Å². The van der Waals surface area contributed by atoms with Gasteiger partial charge in [-0.3, -0.25) is 0 Å². The summed E-state index contributed by atoms with van der Waals surface area (Å²) in [7, 11) is 0. The molecule has 0 aliphatic carbocycles. The van der Waals surface area contributed by atoms with Gasteiger partial charge in [0.25, 0.3) is 0 Å². The summed E-state index contributed by atoms with van der Waals surface area (Å²) in [6.07, 6.45) is 0. The Bertz CT molecular complexity index is 27.5. The van der Waals surface area contributed by atoms with Crippen molar-refractivity contribution in [3.63, 3.8) is 0 Å². The third-order valence-electron chi connectivity index (χ3n) is 0. The highest BCUT2D eigenvalue weighted by atomic mass is 16.0. The Balaban J connectivity index is 0. The van der Waals surface area contributed by atoms with Crippen molar-refractivity contribution in [2.75, 3.05) is 0 Å². The fraction of sp³-hybridized carbons (Fsp3) is 0.500. The summed E-state index contributed by atoms with van der Waals surface area (Å²) in [5, 5.41) is 7.32. The predicted molar refractivity (Wildman–Crippen MR) is 14.9 cm³/mol. The van der Waals surface area contributed by atoms with E-state index < -0.39 is 0 Å². The highest BCUT2D eigenvalue weighted by Gasteiger charge is 1.17. The van der Waals surface area contributed by atoms with Crippen LogP contribution in [-0.2, 0) is 0 Å². The molecule has 2 nitrogen and oxygen atoms in total. The molecule has 0 aromatic heterocycles. The summed E-state index contributed by atoms with van der Waals surface area (Å²) in [6, 6.07) is 1.75. The molecule has 24 valence electrons. The van der Waals surface area contributed by atoms with Gasteiger partial charge in [0, 0.05) is 6.92 Å². The van der Waals surface area contributed by atoms with Gasteiger partial charge in [-0.2, -0.15) is 5.26 Å². The van der Waals surface area contributed by atoms with Gasteiger partial charge in [0.15, 0.2) is 0 Å². The van der Waals surface area contributed by atoms with Crippen LogP contribution in [0.15, 0.2) is 0 Å². The van der Waals surface area contributed by atoms with Crippen molar-refractivity contribution in [2.24, 2.45) is 0 Å². The molecule has 0 fully saturated rings. The molecule has 0 saturated carbocycles. The van der Waals surface area contributed by atoms with E-state index in [1.807, 2.05) is 0 Å². The minimum atomic E-state index is 0. The van der Waals surface area contributed by atoms with E-state index in [0.29, 0.717) is 0 Å². The third-order valence-corrected chi connectivity index (χ3v) is 0. The lowest BCUT2D eigenvalue weighted by molar-refractivity contribution is 0.824. The molecule has 2 N–H and O–H groups in total. The van der Waals surface area contributed by atoms with Crippen molar-refractivity contribution in [2.45, 2.75) is 6.92 Å². The van der Waals surface area contributed by atoms with Gasteiger partial charge in [-0.05, 0) is 0 Å². The molecule has 0 aromatic rings. The molecular formula is C2H5NO. The monoisotopic (exact) mass is 59.0 g/mol. The molecule has 0 amide bonds. The molecule has 4 heavy (non-hydrogen) atoms. The Labute approximate surface area is 25.0 Å². The maximum atomic E-state index is 7.32. The van der Waals surface area contributed by atoms with E-state index in [4.69, 9.17) is 5.26 Å². The first-order valence-corrected chi connectivity index (χ1v) is 0.724. The van der Waals surface area contributed by atoms with Gasteiger partial charge < -0.3 is 5.48 Å². The fourth-order valence-electron chi connectivity index (χ4n) is 0. The average Bonchev–Trinajstić information content (AvgIpc) is 0.918. The zero-order valence-corrected chi connectivity index (χ0v) is 2.45. The molecule has 0 aromatic carbocycles. The molecule has 0 bridgehead atoms. The van der Waals surface area contributed by atoms with Gasteiger partial charge >= 0.3 is 0 Å². The summed E-state index contributed by atoms with van der Waals surface area (Å²) >= 11 is 0. The second-order valence-electron chi connectivity index (χ2n) is 0.224. The third kappa shape index (κ3) is 0.971. The fourth-order valence-corrected chi connectivity index (χ4v) is 0. The highest BCUT2D eigenvalue weighted by Crippen LogP contribution is 1.21. The summed E-state index contributed by atoms with van der Waals surface area (Å²) in [5.41, 5.74) is 0. The normalized spacial score (nSPS) is 2.00. The van der Waals surface area contributed by atoms with E-state index in [1.165, 1.54) is 6.92 Å².